The molecule has 0 atom stereocenters. The summed E-state index contributed by atoms with van der Waals surface area (Å²) in [5, 5.41) is 6.90. The first kappa shape index (κ1) is 12.8. The van der Waals surface area contributed by atoms with Crippen molar-refractivity contribution in [3.05, 3.63) is 11.1 Å². The molecule has 2 rings (SSSR count). The van der Waals surface area contributed by atoms with Crippen molar-refractivity contribution in [3.63, 3.8) is 0 Å². The number of thiazole rings is 1. The maximum atomic E-state index is 4.68. The van der Waals surface area contributed by atoms with Crippen molar-refractivity contribution in [3.8, 4) is 0 Å². The van der Waals surface area contributed by atoms with Crippen molar-refractivity contribution in [2.24, 2.45) is 0 Å². The molecule has 0 radical (unpaired) electrons. The Hall–Kier alpha value is -0.610. The van der Waals surface area contributed by atoms with Gasteiger partial charge in [0.1, 0.15) is 0 Å². The average Bonchev–Trinajstić information content (AvgIpc) is 3.03. The van der Waals surface area contributed by atoms with Crippen LogP contribution in [0.25, 0.3) is 0 Å². The van der Waals surface area contributed by atoms with Crippen LogP contribution in [0.4, 0.5) is 5.13 Å². The molecule has 3 nitrogen and oxygen atoms in total. The largest absolute Gasteiger partial charge is 0.351 e. The molecule has 0 unspecified atom stereocenters. The first-order valence-electron chi connectivity index (χ1n) is 6.68. The van der Waals surface area contributed by atoms with E-state index in [2.05, 4.69) is 34.6 Å². The summed E-state index contributed by atoms with van der Waals surface area (Å²) in [4.78, 5) is 6.95. The number of anilines is 1. The van der Waals surface area contributed by atoms with Crippen LogP contribution in [-0.4, -0.2) is 31.2 Å². The van der Waals surface area contributed by atoms with Gasteiger partial charge in [-0.25, -0.2) is 4.98 Å². The second kappa shape index (κ2) is 6.36. The molecule has 1 saturated carbocycles. The predicted molar refractivity (Wildman–Crippen MR) is 75.0 cm³/mol. The van der Waals surface area contributed by atoms with Gasteiger partial charge in [0, 0.05) is 38.0 Å². The van der Waals surface area contributed by atoms with E-state index in [-0.39, 0.29) is 0 Å². The molecule has 0 saturated heterocycles. The lowest BCUT2D eigenvalue weighted by Crippen LogP contribution is -2.20. The summed E-state index contributed by atoms with van der Waals surface area (Å²) in [6.45, 7) is 4.42. The minimum atomic E-state index is 0.806. The first-order valence-corrected chi connectivity index (χ1v) is 7.56. The summed E-state index contributed by atoms with van der Waals surface area (Å²) >= 11 is 1.77. The maximum absolute atomic E-state index is 4.68. The molecule has 1 aromatic rings. The molecule has 0 aromatic carbocycles. The fourth-order valence-corrected chi connectivity index (χ4v) is 2.62. The van der Waals surface area contributed by atoms with Crippen LogP contribution in [0.2, 0.25) is 0 Å². The second-order valence-corrected chi connectivity index (χ2v) is 5.71. The number of hydrogen-bond acceptors (Lipinski definition) is 4. The van der Waals surface area contributed by atoms with E-state index in [0.717, 1.165) is 25.6 Å². The highest BCUT2D eigenvalue weighted by Gasteiger charge is 2.19. The molecular weight excluding hydrogens is 230 g/mol. The standard InChI is InChI=1S/C13H23N3S/c1-3-4-9-16(2)13-15-12(10-17-13)7-8-14-11-5-6-11/h10-11,14H,3-9H2,1-2H3. The minimum Gasteiger partial charge on any atom is -0.351 e. The average molecular weight is 253 g/mol. The Bertz CT molecular complexity index is 333. The molecule has 0 spiro atoms. The van der Waals surface area contributed by atoms with E-state index in [1.807, 2.05) is 0 Å². The van der Waals surface area contributed by atoms with Gasteiger partial charge in [0.15, 0.2) is 5.13 Å². The lowest BCUT2D eigenvalue weighted by molar-refractivity contribution is 0.676. The van der Waals surface area contributed by atoms with Crippen molar-refractivity contribution in [2.45, 2.75) is 45.1 Å². The van der Waals surface area contributed by atoms with Gasteiger partial charge in [-0.2, -0.15) is 0 Å². The van der Waals surface area contributed by atoms with Crippen molar-refractivity contribution >= 4 is 16.5 Å². The molecule has 96 valence electrons. The third-order valence-corrected chi connectivity index (χ3v) is 4.11. The molecule has 1 fully saturated rings. The predicted octanol–water partition coefficient (Wildman–Crippen LogP) is 2.67. The van der Waals surface area contributed by atoms with Gasteiger partial charge < -0.3 is 10.2 Å². The van der Waals surface area contributed by atoms with Gasteiger partial charge in [-0.05, 0) is 19.3 Å². The molecule has 1 aromatic heterocycles. The number of nitrogens with zero attached hydrogens (tertiary/aromatic N) is 2. The van der Waals surface area contributed by atoms with Crippen molar-refractivity contribution in [1.82, 2.24) is 10.3 Å². The van der Waals surface area contributed by atoms with Crippen LogP contribution in [0.3, 0.4) is 0 Å². The van der Waals surface area contributed by atoms with Crippen LogP contribution in [0.5, 0.6) is 0 Å². The Balaban J connectivity index is 1.73. The Labute approximate surface area is 108 Å². The maximum Gasteiger partial charge on any atom is 0.185 e. The number of unbranched alkanes of at least 4 members (excludes halogenated alkanes) is 1. The van der Waals surface area contributed by atoms with Gasteiger partial charge in [-0.3, -0.25) is 0 Å². The summed E-state index contributed by atoms with van der Waals surface area (Å²) in [7, 11) is 2.14. The summed E-state index contributed by atoms with van der Waals surface area (Å²) in [6.07, 6.45) is 6.28. The van der Waals surface area contributed by atoms with Crippen LogP contribution in [0, 0.1) is 0 Å². The van der Waals surface area contributed by atoms with Crippen LogP contribution in [-0.2, 0) is 6.42 Å². The SMILES string of the molecule is CCCCN(C)c1nc(CCNC2CC2)cs1. The fraction of sp³-hybridized carbons (Fsp3) is 0.769. The summed E-state index contributed by atoms with van der Waals surface area (Å²) in [6, 6.07) is 0.806. The van der Waals surface area contributed by atoms with Gasteiger partial charge in [0.2, 0.25) is 0 Å². The van der Waals surface area contributed by atoms with Gasteiger partial charge in [-0.15, -0.1) is 11.3 Å². The van der Waals surface area contributed by atoms with E-state index >= 15 is 0 Å². The first-order chi connectivity index (χ1) is 8.29. The van der Waals surface area contributed by atoms with Gasteiger partial charge in [0.25, 0.3) is 0 Å². The third-order valence-electron chi connectivity index (χ3n) is 3.10. The fourth-order valence-electron chi connectivity index (χ4n) is 1.77. The Morgan fingerprint density at radius 1 is 1.53 bits per heavy atom. The summed E-state index contributed by atoms with van der Waals surface area (Å²) < 4.78 is 0. The molecule has 1 N–H and O–H groups in total. The third kappa shape index (κ3) is 4.28. The Morgan fingerprint density at radius 2 is 2.35 bits per heavy atom. The minimum absolute atomic E-state index is 0.806. The normalized spacial score (nSPS) is 15.2. The van der Waals surface area contributed by atoms with E-state index in [4.69, 9.17) is 0 Å². The number of hydrogen-bond donors (Lipinski definition) is 1. The molecule has 1 aliphatic rings. The van der Waals surface area contributed by atoms with Gasteiger partial charge in [-0.1, -0.05) is 13.3 Å². The zero-order valence-electron chi connectivity index (χ0n) is 10.9. The van der Waals surface area contributed by atoms with Crippen molar-refractivity contribution < 1.29 is 0 Å². The Kier molecular flexibility index (Phi) is 4.80. The summed E-state index contributed by atoms with van der Waals surface area (Å²) in [5.41, 5.74) is 1.24. The zero-order chi connectivity index (χ0) is 12.1. The van der Waals surface area contributed by atoms with Gasteiger partial charge >= 0.3 is 0 Å². The van der Waals surface area contributed by atoms with E-state index in [0.29, 0.717) is 0 Å². The zero-order valence-corrected chi connectivity index (χ0v) is 11.7. The molecule has 1 heterocycles. The van der Waals surface area contributed by atoms with Gasteiger partial charge in [0.05, 0.1) is 5.69 Å². The number of aromatic nitrogens is 1. The van der Waals surface area contributed by atoms with Crippen LogP contribution < -0.4 is 10.2 Å². The van der Waals surface area contributed by atoms with E-state index in [1.165, 1.54) is 36.5 Å². The molecule has 0 amide bonds. The van der Waals surface area contributed by atoms with Crippen molar-refractivity contribution in [2.75, 3.05) is 25.0 Å². The van der Waals surface area contributed by atoms with Crippen LogP contribution in [0.1, 0.15) is 38.3 Å². The monoisotopic (exact) mass is 253 g/mol. The lowest BCUT2D eigenvalue weighted by atomic mass is 10.3. The smallest absolute Gasteiger partial charge is 0.185 e. The molecule has 0 aliphatic heterocycles. The number of rotatable bonds is 8. The molecular formula is C13H23N3S. The van der Waals surface area contributed by atoms with Crippen LogP contribution >= 0.6 is 11.3 Å². The molecule has 17 heavy (non-hydrogen) atoms. The summed E-state index contributed by atoms with van der Waals surface area (Å²) in [5.74, 6) is 0. The van der Waals surface area contributed by atoms with Crippen LogP contribution in [0.15, 0.2) is 5.38 Å². The highest BCUT2D eigenvalue weighted by atomic mass is 32.1. The highest BCUT2D eigenvalue weighted by Crippen LogP contribution is 2.21. The Morgan fingerprint density at radius 3 is 3.06 bits per heavy atom. The second-order valence-electron chi connectivity index (χ2n) is 4.87. The van der Waals surface area contributed by atoms with E-state index in [1.54, 1.807) is 11.3 Å². The lowest BCUT2D eigenvalue weighted by Gasteiger charge is -2.14. The topological polar surface area (TPSA) is 28.2 Å². The molecule has 4 heteroatoms. The van der Waals surface area contributed by atoms with Crippen molar-refractivity contribution in [1.29, 1.82) is 0 Å². The van der Waals surface area contributed by atoms with E-state index in [9.17, 15) is 0 Å². The number of nitrogens with one attached hydrogen (secondary N) is 1. The molecule has 1 aliphatic carbocycles. The van der Waals surface area contributed by atoms with E-state index < -0.39 is 0 Å². The quantitative estimate of drug-likeness (QED) is 0.772. The molecule has 0 bridgehead atoms. The highest BCUT2D eigenvalue weighted by molar-refractivity contribution is 7.13.